The number of ether oxygens (including phenoxy) is 1. The summed E-state index contributed by atoms with van der Waals surface area (Å²) in [6.45, 7) is 4.26. The number of benzene rings is 3. The average Bonchev–Trinajstić information content (AvgIpc) is 2.94. The number of hydrogen-bond donors (Lipinski definition) is 0. The molecular formula is C35H46O2. The molecule has 0 saturated heterocycles. The van der Waals surface area contributed by atoms with Crippen molar-refractivity contribution in [3.05, 3.63) is 95.6 Å². The van der Waals surface area contributed by atoms with Gasteiger partial charge < -0.3 is 4.74 Å². The summed E-state index contributed by atoms with van der Waals surface area (Å²) in [6, 6.07) is 27.4. The minimum Gasteiger partial charge on any atom is -0.459 e. The van der Waals surface area contributed by atoms with Gasteiger partial charge in [0.2, 0.25) is 0 Å². The van der Waals surface area contributed by atoms with Crippen molar-refractivity contribution in [2.24, 2.45) is 0 Å². The molecule has 0 fully saturated rings. The van der Waals surface area contributed by atoms with Crippen LogP contribution in [0.25, 0.3) is 11.1 Å². The van der Waals surface area contributed by atoms with Crippen LogP contribution >= 0.6 is 0 Å². The molecule has 0 bridgehead atoms. The Morgan fingerprint density at radius 1 is 0.622 bits per heavy atom. The molecule has 198 valence electrons. The predicted molar refractivity (Wildman–Crippen MR) is 157 cm³/mol. The summed E-state index contributed by atoms with van der Waals surface area (Å²) in [7, 11) is 0. The van der Waals surface area contributed by atoms with Crippen LogP contribution in [0, 0.1) is 0 Å². The van der Waals surface area contributed by atoms with E-state index >= 15 is 0 Å². The van der Waals surface area contributed by atoms with Crippen LogP contribution in [0.4, 0.5) is 0 Å². The van der Waals surface area contributed by atoms with Gasteiger partial charge in [0, 0.05) is 0 Å². The van der Waals surface area contributed by atoms with Crippen molar-refractivity contribution in [3.8, 4) is 11.1 Å². The molecule has 2 nitrogen and oxygen atoms in total. The van der Waals surface area contributed by atoms with Gasteiger partial charge in [0.25, 0.3) is 0 Å². The molecule has 3 rings (SSSR count). The maximum atomic E-state index is 12.2. The molecule has 1 unspecified atom stereocenters. The fraction of sp³-hybridized carbons (Fsp3) is 0.457. The topological polar surface area (TPSA) is 26.3 Å². The van der Waals surface area contributed by atoms with Crippen LogP contribution in [0.5, 0.6) is 0 Å². The van der Waals surface area contributed by atoms with Crippen molar-refractivity contribution in [3.63, 3.8) is 0 Å². The first-order valence-electron chi connectivity index (χ1n) is 14.6. The number of unbranched alkanes of at least 4 members (excludes halogenated alkanes) is 8. The second kappa shape index (κ2) is 16.8. The van der Waals surface area contributed by atoms with Gasteiger partial charge in [-0.05, 0) is 79.8 Å². The van der Waals surface area contributed by atoms with E-state index in [0.717, 1.165) is 25.7 Å². The van der Waals surface area contributed by atoms with Crippen molar-refractivity contribution in [2.45, 2.75) is 103 Å². The highest BCUT2D eigenvalue weighted by Gasteiger charge is 2.11. The standard InChI is InChI=1S/C35H46O2/c1-3-4-5-6-7-8-9-11-17-30-21-25-32(26-22-30)33-27-23-31(24-28-33)18-15-14-16-29(2)37-35(36)34-19-12-10-13-20-34/h10,12-13,19-29H,3-9,11,14-18H2,1-2H3. The zero-order chi connectivity index (χ0) is 26.1. The third kappa shape index (κ3) is 11.0. The highest BCUT2D eigenvalue weighted by molar-refractivity contribution is 5.89. The molecule has 37 heavy (non-hydrogen) atoms. The summed E-state index contributed by atoms with van der Waals surface area (Å²) in [5.74, 6) is -0.232. The van der Waals surface area contributed by atoms with E-state index in [1.165, 1.54) is 80.0 Å². The van der Waals surface area contributed by atoms with E-state index in [4.69, 9.17) is 4.74 Å². The maximum Gasteiger partial charge on any atom is 0.338 e. The molecule has 0 radical (unpaired) electrons. The Morgan fingerprint density at radius 2 is 1.11 bits per heavy atom. The first-order chi connectivity index (χ1) is 18.2. The van der Waals surface area contributed by atoms with Gasteiger partial charge in [-0.25, -0.2) is 4.79 Å². The highest BCUT2D eigenvalue weighted by Crippen LogP contribution is 2.22. The van der Waals surface area contributed by atoms with Crippen LogP contribution in [0.2, 0.25) is 0 Å². The Balaban J connectivity index is 1.31. The summed E-state index contributed by atoms with van der Waals surface area (Å²) >= 11 is 0. The lowest BCUT2D eigenvalue weighted by atomic mass is 9.98. The van der Waals surface area contributed by atoms with E-state index < -0.39 is 0 Å². The number of aryl methyl sites for hydroxylation is 2. The molecular weight excluding hydrogens is 452 g/mol. The minimum absolute atomic E-state index is 0.0615. The number of esters is 1. The van der Waals surface area contributed by atoms with Crippen LogP contribution < -0.4 is 0 Å². The van der Waals surface area contributed by atoms with Gasteiger partial charge >= 0.3 is 5.97 Å². The first kappa shape index (κ1) is 28.7. The molecule has 2 heteroatoms. The van der Waals surface area contributed by atoms with Crippen LogP contribution in [-0.4, -0.2) is 12.1 Å². The lowest BCUT2D eigenvalue weighted by Crippen LogP contribution is -2.15. The Bertz CT molecular complexity index is 1010. The Morgan fingerprint density at radius 3 is 1.65 bits per heavy atom. The molecule has 0 aliphatic heterocycles. The van der Waals surface area contributed by atoms with Crippen LogP contribution in [0.15, 0.2) is 78.9 Å². The van der Waals surface area contributed by atoms with E-state index in [9.17, 15) is 4.79 Å². The Hall–Kier alpha value is -2.87. The van der Waals surface area contributed by atoms with E-state index in [-0.39, 0.29) is 12.1 Å². The quantitative estimate of drug-likeness (QED) is 0.137. The van der Waals surface area contributed by atoms with E-state index in [1.54, 1.807) is 12.1 Å². The first-order valence-corrected chi connectivity index (χ1v) is 14.6. The van der Waals surface area contributed by atoms with Gasteiger partial charge in [0.05, 0.1) is 11.7 Å². The predicted octanol–water partition coefficient (Wildman–Crippen LogP) is 10.00. The van der Waals surface area contributed by atoms with E-state index in [2.05, 4.69) is 55.5 Å². The van der Waals surface area contributed by atoms with Crippen molar-refractivity contribution >= 4 is 5.97 Å². The smallest absolute Gasteiger partial charge is 0.338 e. The van der Waals surface area contributed by atoms with Gasteiger partial charge in [0.15, 0.2) is 0 Å². The van der Waals surface area contributed by atoms with Crippen molar-refractivity contribution in [2.75, 3.05) is 0 Å². The van der Waals surface area contributed by atoms with E-state index in [1.807, 2.05) is 25.1 Å². The zero-order valence-electron chi connectivity index (χ0n) is 23.1. The zero-order valence-corrected chi connectivity index (χ0v) is 23.1. The average molecular weight is 499 g/mol. The van der Waals surface area contributed by atoms with Crippen LogP contribution in [-0.2, 0) is 17.6 Å². The molecule has 0 aromatic heterocycles. The molecule has 0 aliphatic carbocycles. The van der Waals surface area contributed by atoms with Crippen LogP contribution in [0.3, 0.4) is 0 Å². The number of carbonyl (C=O) groups is 1. The second-order valence-electron chi connectivity index (χ2n) is 10.4. The summed E-state index contributed by atoms with van der Waals surface area (Å²) in [4.78, 5) is 12.2. The van der Waals surface area contributed by atoms with E-state index in [0.29, 0.717) is 5.56 Å². The number of hydrogen-bond acceptors (Lipinski definition) is 2. The molecule has 3 aromatic rings. The van der Waals surface area contributed by atoms with Gasteiger partial charge in [0.1, 0.15) is 0 Å². The molecule has 3 aromatic carbocycles. The molecule has 0 spiro atoms. The maximum absolute atomic E-state index is 12.2. The third-order valence-corrected chi connectivity index (χ3v) is 7.20. The Kier molecular flexibility index (Phi) is 13.0. The van der Waals surface area contributed by atoms with Crippen molar-refractivity contribution < 1.29 is 9.53 Å². The largest absolute Gasteiger partial charge is 0.459 e. The van der Waals surface area contributed by atoms with Gasteiger partial charge in [-0.15, -0.1) is 0 Å². The number of carbonyl (C=O) groups excluding carboxylic acids is 1. The summed E-state index contributed by atoms with van der Waals surface area (Å²) in [5, 5.41) is 0. The monoisotopic (exact) mass is 498 g/mol. The molecule has 1 atom stereocenters. The number of rotatable bonds is 17. The van der Waals surface area contributed by atoms with Crippen molar-refractivity contribution in [1.29, 1.82) is 0 Å². The second-order valence-corrected chi connectivity index (χ2v) is 10.4. The molecule has 0 N–H and O–H groups in total. The SMILES string of the molecule is CCCCCCCCCCc1ccc(-c2ccc(CCCCC(C)OC(=O)c3ccccc3)cc2)cc1. The summed E-state index contributed by atoms with van der Waals surface area (Å²) in [6.07, 6.45) is 16.2. The van der Waals surface area contributed by atoms with Gasteiger partial charge in [-0.1, -0.05) is 119 Å². The summed E-state index contributed by atoms with van der Waals surface area (Å²) < 4.78 is 5.57. The lowest BCUT2D eigenvalue weighted by Gasteiger charge is -2.13. The third-order valence-electron chi connectivity index (χ3n) is 7.20. The van der Waals surface area contributed by atoms with Crippen LogP contribution in [0.1, 0.15) is 106 Å². The minimum atomic E-state index is -0.232. The molecule has 0 saturated carbocycles. The normalized spacial score (nSPS) is 11.8. The van der Waals surface area contributed by atoms with Crippen molar-refractivity contribution in [1.82, 2.24) is 0 Å². The molecule has 0 heterocycles. The molecule has 0 amide bonds. The Labute approximate surface area is 225 Å². The fourth-order valence-corrected chi connectivity index (χ4v) is 4.84. The van der Waals surface area contributed by atoms with Gasteiger partial charge in [-0.3, -0.25) is 0 Å². The summed E-state index contributed by atoms with van der Waals surface area (Å²) in [5.41, 5.74) is 6.01. The highest BCUT2D eigenvalue weighted by atomic mass is 16.5. The lowest BCUT2D eigenvalue weighted by molar-refractivity contribution is 0.0319. The van der Waals surface area contributed by atoms with Gasteiger partial charge in [-0.2, -0.15) is 0 Å². The molecule has 0 aliphatic rings. The fourth-order valence-electron chi connectivity index (χ4n) is 4.84.